The molecule has 2 unspecified atom stereocenters. The molecule has 0 fully saturated rings. The predicted molar refractivity (Wildman–Crippen MR) is 98.2 cm³/mol. The molecule has 5 nitrogen and oxygen atoms in total. The van der Waals surface area contributed by atoms with Crippen molar-refractivity contribution in [2.45, 2.75) is 26.3 Å². The molecule has 0 saturated heterocycles. The van der Waals surface area contributed by atoms with Crippen molar-refractivity contribution < 1.29 is 18.6 Å². The van der Waals surface area contributed by atoms with E-state index in [1.165, 1.54) is 0 Å². The molecule has 2 aromatic rings. The van der Waals surface area contributed by atoms with Crippen molar-refractivity contribution in [3.63, 3.8) is 0 Å². The quantitative estimate of drug-likeness (QED) is 0.575. The number of carbonyl (C=O) groups excluding carboxylic acids is 1. The van der Waals surface area contributed by atoms with Gasteiger partial charge in [0.05, 0.1) is 31.0 Å². The molecule has 0 bridgehead atoms. The normalized spacial score (nSPS) is 21.8. The van der Waals surface area contributed by atoms with Gasteiger partial charge in [-0.1, -0.05) is 36.4 Å². The fraction of sp³-hybridized carbons (Fsp3) is 0.316. The highest BCUT2D eigenvalue weighted by atomic mass is 31.2. The van der Waals surface area contributed by atoms with Gasteiger partial charge in [-0.2, -0.15) is 0 Å². The van der Waals surface area contributed by atoms with E-state index in [4.69, 9.17) is 9.26 Å². The Bertz CT molecular complexity index is 793. The highest BCUT2D eigenvalue weighted by Gasteiger charge is 2.48. The molecule has 0 spiro atoms. The molecule has 25 heavy (non-hydrogen) atoms. The third kappa shape index (κ3) is 3.22. The zero-order chi connectivity index (χ0) is 17.9. The van der Waals surface area contributed by atoms with E-state index in [-0.39, 0.29) is 18.4 Å². The molecule has 132 valence electrons. The minimum atomic E-state index is -3.30. The van der Waals surface area contributed by atoms with Crippen LogP contribution in [0.4, 0.5) is 5.69 Å². The minimum absolute atomic E-state index is 0.122. The number of hydrogen-bond acceptors (Lipinski definition) is 4. The van der Waals surface area contributed by atoms with Gasteiger partial charge in [-0.05, 0) is 37.6 Å². The van der Waals surface area contributed by atoms with E-state index < -0.39 is 7.52 Å². The van der Waals surface area contributed by atoms with Crippen LogP contribution in [0.1, 0.15) is 31.9 Å². The third-order valence-corrected chi connectivity index (χ3v) is 6.87. The predicted octanol–water partition coefficient (Wildman–Crippen LogP) is 4.06. The number of nitrogens with zero attached hydrogens (tertiary/aromatic N) is 1. The summed E-state index contributed by atoms with van der Waals surface area (Å²) >= 11 is 0. The number of esters is 1. The maximum atomic E-state index is 13.9. The molecule has 0 saturated carbocycles. The molecular formula is C19H22NO4P. The topological polar surface area (TPSA) is 55.8 Å². The second kappa shape index (κ2) is 7.42. The van der Waals surface area contributed by atoms with Gasteiger partial charge in [-0.3, -0.25) is 14.0 Å². The number of carbonyl (C=O) groups is 1. The Labute approximate surface area is 148 Å². The molecule has 0 aliphatic carbocycles. The van der Waals surface area contributed by atoms with Crippen molar-refractivity contribution >= 4 is 24.5 Å². The monoisotopic (exact) mass is 359 g/mol. The largest absolute Gasteiger partial charge is 0.466 e. The molecular weight excluding hydrogens is 337 g/mol. The molecule has 0 radical (unpaired) electrons. The van der Waals surface area contributed by atoms with Gasteiger partial charge >= 0.3 is 13.5 Å². The Kier molecular flexibility index (Phi) is 5.26. The number of fused-ring (bicyclic) bond motifs is 1. The van der Waals surface area contributed by atoms with Gasteiger partial charge in [0, 0.05) is 5.69 Å². The van der Waals surface area contributed by atoms with E-state index in [2.05, 4.69) is 0 Å². The maximum Gasteiger partial charge on any atom is 0.327 e. The number of benzene rings is 2. The first kappa shape index (κ1) is 17.7. The van der Waals surface area contributed by atoms with Gasteiger partial charge in [0.1, 0.15) is 0 Å². The molecule has 0 aromatic heterocycles. The van der Waals surface area contributed by atoms with Crippen molar-refractivity contribution in [1.82, 2.24) is 0 Å². The number of hydrogen-bond donors (Lipinski definition) is 0. The van der Waals surface area contributed by atoms with Gasteiger partial charge in [-0.15, -0.1) is 0 Å². The fourth-order valence-corrected chi connectivity index (χ4v) is 5.93. The number of ether oxygens (including phenoxy) is 1. The van der Waals surface area contributed by atoms with Crippen molar-refractivity contribution in [3.05, 3.63) is 60.2 Å². The Balaban J connectivity index is 2.12. The average Bonchev–Trinajstić information content (AvgIpc) is 2.85. The van der Waals surface area contributed by atoms with Crippen LogP contribution in [-0.4, -0.2) is 19.2 Å². The summed E-state index contributed by atoms with van der Waals surface area (Å²) in [6.07, 6.45) is 0.122. The summed E-state index contributed by atoms with van der Waals surface area (Å²) in [5.74, 6) is -0.312. The van der Waals surface area contributed by atoms with Crippen LogP contribution in [0.25, 0.3) is 0 Å². The summed E-state index contributed by atoms with van der Waals surface area (Å²) in [6.45, 7) is 4.24. The second-order valence-electron chi connectivity index (χ2n) is 5.70. The Morgan fingerprint density at radius 1 is 1.04 bits per heavy atom. The lowest BCUT2D eigenvalue weighted by Crippen LogP contribution is -2.24. The number of anilines is 1. The van der Waals surface area contributed by atoms with Crippen molar-refractivity contribution in [3.8, 4) is 0 Å². The lowest BCUT2D eigenvalue weighted by atomic mass is 10.0. The van der Waals surface area contributed by atoms with Crippen LogP contribution in [0.2, 0.25) is 0 Å². The van der Waals surface area contributed by atoms with Crippen LogP contribution in [0.15, 0.2) is 54.6 Å². The van der Waals surface area contributed by atoms with Gasteiger partial charge < -0.3 is 9.26 Å². The standard InChI is InChI=1S/C19H22NO4P/c1-3-23-19(21)14-17-16-12-8-9-13-18(16)25(22,24-4-2)20(17)15-10-6-5-7-11-15/h5-13,17H,3-4,14H2,1-2H3. The third-order valence-electron chi connectivity index (χ3n) is 4.17. The van der Waals surface area contributed by atoms with E-state index >= 15 is 0 Å². The van der Waals surface area contributed by atoms with E-state index in [0.29, 0.717) is 18.5 Å². The molecule has 6 heteroatoms. The highest BCUT2D eigenvalue weighted by Crippen LogP contribution is 2.62. The first-order valence-electron chi connectivity index (χ1n) is 8.46. The molecule has 0 amide bonds. The van der Waals surface area contributed by atoms with E-state index in [9.17, 15) is 9.36 Å². The maximum absolute atomic E-state index is 13.9. The van der Waals surface area contributed by atoms with Gasteiger partial charge in [0.2, 0.25) is 0 Å². The molecule has 0 N–H and O–H groups in total. The van der Waals surface area contributed by atoms with Gasteiger partial charge in [0.15, 0.2) is 0 Å². The first-order chi connectivity index (χ1) is 12.1. The van der Waals surface area contributed by atoms with Crippen molar-refractivity contribution in [1.29, 1.82) is 0 Å². The summed E-state index contributed by atoms with van der Waals surface area (Å²) < 4.78 is 26.6. The number of para-hydroxylation sites is 1. The number of rotatable bonds is 6. The van der Waals surface area contributed by atoms with Gasteiger partial charge in [-0.25, -0.2) is 0 Å². The summed E-state index contributed by atoms with van der Waals surface area (Å²) in [5.41, 5.74) is 1.63. The van der Waals surface area contributed by atoms with Crippen LogP contribution < -0.4 is 9.97 Å². The first-order valence-corrected chi connectivity index (χ1v) is 10.0. The zero-order valence-electron chi connectivity index (χ0n) is 14.4. The van der Waals surface area contributed by atoms with E-state index in [1.807, 2.05) is 61.5 Å². The van der Waals surface area contributed by atoms with Gasteiger partial charge in [0.25, 0.3) is 0 Å². The molecule has 3 rings (SSSR count). The Morgan fingerprint density at radius 2 is 1.72 bits per heavy atom. The fourth-order valence-electron chi connectivity index (χ4n) is 3.25. The SMILES string of the molecule is CCOC(=O)CC1c2ccccc2P(=O)(OCC)N1c1ccccc1. The Morgan fingerprint density at radius 3 is 2.40 bits per heavy atom. The highest BCUT2D eigenvalue weighted by molar-refractivity contribution is 7.69. The summed E-state index contributed by atoms with van der Waals surface area (Å²) in [6, 6.07) is 16.5. The molecule has 2 atom stereocenters. The summed E-state index contributed by atoms with van der Waals surface area (Å²) in [5, 5.41) is 0.662. The average molecular weight is 359 g/mol. The summed E-state index contributed by atoms with van der Waals surface area (Å²) in [4.78, 5) is 12.2. The van der Waals surface area contributed by atoms with Crippen LogP contribution in [0.3, 0.4) is 0 Å². The van der Waals surface area contributed by atoms with E-state index in [1.54, 1.807) is 11.6 Å². The van der Waals surface area contributed by atoms with Crippen molar-refractivity contribution in [2.24, 2.45) is 0 Å². The minimum Gasteiger partial charge on any atom is -0.466 e. The van der Waals surface area contributed by atoms with Crippen LogP contribution in [0.5, 0.6) is 0 Å². The Hall–Kier alpha value is -2.10. The lowest BCUT2D eigenvalue weighted by Gasteiger charge is -2.31. The van der Waals surface area contributed by atoms with Crippen LogP contribution in [0, 0.1) is 0 Å². The second-order valence-corrected chi connectivity index (χ2v) is 7.91. The lowest BCUT2D eigenvalue weighted by molar-refractivity contribution is -0.143. The molecule has 1 aliphatic heterocycles. The van der Waals surface area contributed by atoms with Crippen LogP contribution >= 0.6 is 7.52 Å². The summed E-state index contributed by atoms with van der Waals surface area (Å²) in [7, 11) is -3.30. The van der Waals surface area contributed by atoms with E-state index in [0.717, 1.165) is 11.3 Å². The smallest absolute Gasteiger partial charge is 0.327 e. The van der Waals surface area contributed by atoms with Crippen molar-refractivity contribution in [2.75, 3.05) is 17.9 Å². The van der Waals surface area contributed by atoms with Crippen LogP contribution in [-0.2, 0) is 18.6 Å². The molecule has 2 aromatic carbocycles. The zero-order valence-corrected chi connectivity index (χ0v) is 15.3. The molecule has 1 aliphatic rings. The molecule has 1 heterocycles.